The minimum Gasteiger partial charge on any atom is -0.484 e. The Balaban J connectivity index is 1.39. The number of likely N-dealkylation sites (tertiary alicyclic amines) is 1. The summed E-state index contributed by atoms with van der Waals surface area (Å²) in [5.41, 5.74) is 0.868. The number of carbonyl (C=O) groups is 1. The Morgan fingerprint density at radius 3 is 2.96 bits per heavy atom. The Kier molecular flexibility index (Phi) is 4.68. The summed E-state index contributed by atoms with van der Waals surface area (Å²) in [5, 5.41) is 4.12. The first-order valence-electron chi connectivity index (χ1n) is 9.18. The van der Waals surface area contributed by atoms with Gasteiger partial charge in [0.05, 0.1) is 5.69 Å². The monoisotopic (exact) mass is 340 g/mol. The van der Waals surface area contributed by atoms with E-state index in [0.717, 1.165) is 25.1 Å². The van der Waals surface area contributed by atoms with E-state index in [1.54, 1.807) is 11.0 Å². The highest BCUT2D eigenvalue weighted by atomic mass is 16.5. The van der Waals surface area contributed by atoms with Gasteiger partial charge >= 0.3 is 0 Å². The van der Waals surface area contributed by atoms with Crippen molar-refractivity contribution < 1.29 is 9.53 Å². The number of hydrogen-bond acceptors (Lipinski definition) is 4. The molecule has 1 amide bonds. The maximum atomic E-state index is 12.7. The van der Waals surface area contributed by atoms with E-state index in [4.69, 9.17) is 4.74 Å². The summed E-state index contributed by atoms with van der Waals surface area (Å²) in [6, 6.07) is 8.00. The lowest BCUT2D eigenvalue weighted by molar-refractivity contribution is -0.139. The zero-order valence-corrected chi connectivity index (χ0v) is 14.4. The van der Waals surface area contributed by atoms with Gasteiger partial charge in [-0.15, -0.1) is 0 Å². The molecule has 1 saturated carbocycles. The first-order chi connectivity index (χ1) is 12.3. The van der Waals surface area contributed by atoms with E-state index in [2.05, 4.69) is 15.0 Å². The van der Waals surface area contributed by atoms with Crippen LogP contribution in [-0.4, -0.2) is 44.8 Å². The number of fused-ring (bicyclic) bond motifs is 1. The quantitative estimate of drug-likeness (QED) is 0.859. The Morgan fingerprint density at radius 1 is 1.20 bits per heavy atom. The van der Waals surface area contributed by atoms with Gasteiger partial charge in [-0.25, -0.2) is 9.67 Å². The van der Waals surface area contributed by atoms with E-state index in [1.807, 2.05) is 24.3 Å². The van der Waals surface area contributed by atoms with Crippen LogP contribution in [0.15, 0.2) is 36.9 Å². The van der Waals surface area contributed by atoms with E-state index in [0.29, 0.717) is 17.7 Å². The van der Waals surface area contributed by atoms with E-state index >= 15 is 0 Å². The molecule has 25 heavy (non-hydrogen) atoms. The highest BCUT2D eigenvalue weighted by Crippen LogP contribution is 2.35. The molecule has 2 aliphatic rings. The Bertz CT molecular complexity index is 714. The fourth-order valence-electron chi connectivity index (χ4n) is 4.22. The van der Waals surface area contributed by atoms with Crippen molar-refractivity contribution in [2.24, 2.45) is 5.92 Å². The van der Waals surface area contributed by atoms with Crippen LogP contribution in [0.4, 0.5) is 0 Å². The molecule has 0 radical (unpaired) electrons. The van der Waals surface area contributed by atoms with E-state index in [1.165, 1.54) is 32.0 Å². The highest BCUT2D eigenvalue weighted by molar-refractivity contribution is 5.78. The van der Waals surface area contributed by atoms with Gasteiger partial charge in [0.2, 0.25) is 0 Å². The minimum absolute atomic E-state index is 0.101. The average molecular weight is 340 g/mol. The van der Waals surface area contributed by atoms with Gasteiger partial charge in [0.1, 0.15) is 18.4 Å². The number of benzene rings is 1. The van der Waals surface area contributed by atoms with Gasteiger partial charge in [0.25, 0.3) is 5.91 Å². The predicted octanol–water partition coefficient (Wildman–Crippen LogP) is 2.83. The van der Waals surface area contributed by atoms with Crippen molar-refractivity contribution in [3.05, 3.63) is 36.9 Å². The van der Waals surface area contributed by atoms with Crippen LogP contribution in [0.25, 0.3) is 5.69 Å². The van der Waals surface area contributed by atoms with E-state index in [-0.39, 0.29) is 12.5 Å². The van der Waals surface area contributed by atoms with Crippen LogP contribution in [0.3, 0.4) is 0 Å². The summed E-state index contributed by atoms with van der Waals surface area (Å²) < 4.78 is 7.46. The molecule has 6 nitrogen and oxygen atoms in total. The first-order valence-corrected chi connectivity index (χ1v) is 9.18. The van der Waals surface area contributed by atoms with Crippen molar-refractivity contribution in [2.75, 3.05) is 13.2 Å². The molecule has 132 valence electrons. The Morgan fingerprint density at radius 2 is 2.08 bits per heavy atom. The zero-order chi connectivity index (χ0) is 17.1. The maximum Gasteiger partial charge on any atom is 0.260 e. The van der Waals surface area contributed by atoms with Gasteiger partial charge in [0, 0.05) is 18.7 Å². The Hall–Kier alpha value is -2.37. The standard InChI is InChI=1S/C19H24N4O2/c24-19(22-10-4-6-15-5-1-2-9-18(15)22)12-25-17-8-3-7-16(11-17)23-14-20-13-21-23/h3,7-8,11,13-15,18H,1-2,4-6,9-10,12H2/t15-,18-/m0/s1. The lowest BCUT2D eigenvalue weighted by Gasteiger charge is -2.44. The molecule has 1 aliphatic heterocycles. The molecular weight excluding hydrogens is 316 g/mol. The molecule has 2 aromatic rings. The van der Waals surface area contributed by atoms with Gasteiger partial charge in [-0.2, -0.15) is 5.10 Å². The number of rotatable bonds is 4. The van der Waals surface area contributed by atoms with Gasteiger partial charge in [0.15, 0.2) is 6.61 Å². The molecule has 0 bridgehead atoms. The molecule has 0 spiro atoms. The number of aromatic nitrogens is 3. The van der Waals surface area contributed by atoms with Crippen molar-refractivity contribution in [1.82, 2.24) is 19.7 Å². The maximum absolute atomic E-state index is 12.7. The summed E-state index contributed by atoms with van der Waals surface area (Å²) >= 11 is 0. The molecule has 2 fully saturated rings. The van der Waals surface area contributed by atoms with E-state index < -0.39 is 0 Å². The molecule has 0 unspecified atom stereocenters. The van der Waals surface area contributed by atoms with E-state index in [9.17, 15) is 4.79 Å². The summed E-state index contributed by atoms with van der Waals surface area (Å²) in [5.74, 6) is 1.49. The van der Waals surface area contributed by atoms with Gasteiger partial charge in [-0.1, -0.05) is 18.9 Å². The SMILES string of the molecule is O=C(COc1cccc(-n2cncn2)c1)N1CCC[C@@H]2CCCC[C@@H]21. The van der Waals surface area contributed by atoms with Gasteiger partial charge in [-0.3, -0.25) is 4.79 Å². The third-order valence-electron chi connectivity index (χ3n) is 5.43. The molecule has 1 saturated heterocycles. The smallest absolute Gasteiger partial charge is 0.260 e. The molecule has 1 aromatic heterocycles. The van der Waals surface area contributed by atoms with Crippen LogP contribution in [0.5, 0.6) is 5.75 Å². The van der Waals surface area contributed by atoms with Crippen LogP contribution in [-0.2, 0) is 4.79 Å². The van der Waals surface area contributed by atoms with Crippen molar-refractivity contribution >= 4 is 5.91 Å². The van der Waals surface area contributed by atoms with Crippen molar-refractivity contribution in [3.8, 4) is 11.4 Å². The molecule has 1 aliphatic carbocycles. The second kappa shape index (κ2) is 7.25. The summed E-state index contributed by atoms with van der Waals surface area (Å²) in [4.78, 5) is 18.7. The average Bonchev–Trinajstić information content (AvgIpc) is 3.21. The van der Waals surface area contributed by atoms with Crippen LogP contribution >= 0.6 is 0 Å². The minimum atomic E-state index is 0.101. The molecule has 1 aromatic carbocycles. The number of amides is 1. The van der Waals surface area contributed by atoms with Gasteiger partial charge < -0.3 is 9.64 Å². The molecule has 2 atom stereocenters. The lowest BCUT2D eigenvalue weighted by Crippen LogP contribution is -2.51. The second-order valence-corrected chi connectivity index (χ2v) is 6.97. The molecule has 2 heterocycles. The van der Waals surface area contributed by atoms with Crippen LogP contribution in [0.2, 0.25) is 0 Å². The normalized spacial score (nSPS) is 23.1. The summed E-state index contributed by atoms with van der Waals surface area (Å²) in [7, 11) is 0. The Labute approximate surface area is 147 Å². The summed E-state index contributed by atoms with van der Waals surface area (Å²) in [6.07, 6.45) is 10.5. The van der Waals surface area contributed by atoms with Crippen molar-refractivity contribution in [2.45, 2.75) is 44.6 Å². The zero-order valence-electron chi connectivity index (χ0n) is 14.4. The van der Waals surface area contributed by atoms with Crippen molar-refractivity contribution in [3.63, 3.8) is 0 Å². The first kappa shape index (κ1) is 16.1. The number of hydrogen-bond donors (Lipinski definition) is 0. The molecule has 0 N–H and O–H groups in total. The van der Waals surface area contributed by atoms with Crippen LogP contribution in [0.1, 0.15) is 38.5 Å². The fourth-order valence-corrected chi connectivity index (χ4v) is 4.22. The number of ether oxygens (including phenoxy) is 1. The predicted molar refractivity (Wildman–Crippen MR) is 93.5 cm³/mol. The molecule has 6 heteroatoms. The second-order valence-electron chi connectivity index (χ2n) is 6.97. The summed E-state index contributed by atoms with van der Waals surface area (Å²) in [6.45, 7) is 0.979. The van der Waals surface area contributed by atoms with Gasteiger partial charge in [-0.05, 0) is 43.7 Å². The van der Waals surface area contributed by atoms with Crippen LogP contribution in [0, 0.1) is 5.92 Å². The third kappa shape index (κ3) is 3.52. The largest absolute Gasteiger partial charge is 0.484 e. The van der Waals surface area contributed by atoms with Crippen LogP contribution < -0.4 is 4.74 Å². The molecular formula is C19H24N4O2. The molecule has 4 rings (SSSR count). The fraction of sp³-hybridized carbons (Fsp3) is 0.526. The number of carbonyl (C=O) groups excluding carboxylic acids is 1. The van der Waals surface area contributed by atoms with Crippen molar-refractivity contribution in [1.29, 1.82) is 0 Å². The topological polar surface area (TPSA) is 60.3 Å². The number of piperidine rings is 1. The third-order valence-corrected chi connectivity index (χ3v) is 5.43. The number of nitrogens with zero attached hydrogens (tertiary/aromatic N) is 4. The highest BCUT2D eigenvalue weighted by Gasteiger charge is 2.35. The lowest BCUT2D eigenvalue weighted by atomic mass is 9.78.